The zero-order chi connectivity index (χ0) is 34.2. The molecule has 4 rings (SSSR count). The molecule has 0 spiro atoms. The Balaban J connectivity index is 1.28. The van der Waals surface area contributed by atoms with Crippen molar-refractivity contribution in [2.45, 2.75) is 37.2 Å². The molecule has 0 radical (unpaired) electrons. The average molecular weight is 719 g/mol. The molecular weight excluding hydrogens is 677 g/mol. The van der Waals surface area contributed by atoms with Crippen LogP contribution in [-0.2, 0) is 37.3 Å². The summed E-state index contributed by atoms with van der Waals surface area (Å²) in [7, 11) is -4.07. The highest BCUT2D eigenvalue weighted by molar-refractivity contribution is 7.89. The number of hydrogen-bond acceptors (Lipinski definition) is 9. The highest BCUT2D eigenvalue weighted by Gasteiger charge is 2.29. The number of anilines is 2. The molecule has 0 unspecified atom stereocenters. The number of sulfonamides is 1. The van der Waals surface area contributed by atoms with Gasteiger partial charge in [-0.1, -0.05) is 42.5 Å². The molecule has 1 aliphatic rings. The van der Waals surface area contributed by atoms with E-state index < -0.39 is 22.1 Å². The quantitative estimate of drug-likeness (QED) is 0.136. The molecule has 0 atom stereocenters. The van der Waals surface area contributed by atoms with Crippen LogP contribution in [0.1, 0.15) is 30.4 Å². The molecule has 1 heterocycles. The van der Waals surface area contributed by atoms with Gasteiger partial charge in [-0.05, 0) is 66.8 Å². The van der Waals surface area contributed by atoms with Gasteiger partial charge in [0.2, 0.25) is 5.96 Å². The Morgan fingerprint density at radius 1 is 0.875 bits per heavy atom. The normalized spacial score (nSPS) is 12.8. The average Bonchev–Trinajstić information content (AvgIpc) is 3.10. The van der Waals surface area contributed by atoms with Gasteiger partial charge in [-0.15, -0.1) is 23.2 Å². The molecule has 48 heavy (non-hydrogen) atoms. The second-order valence-corrected chi connectivity index (χ2v) is 13.5. The smallest absolute Gasteiger partial charge is 0.411 e. The molecule has 2 N–H and O–H groups in total. The highest BCUT2D eigenvalue weighted by Crippen LogP contribution is 2.20. The Bertz CT molecular complexity index is 1590. The van der Waals surface area contributed by atoms with Gasteiger partial charge in [0.15, 0.2) is 0 Å². The Kier molecular flexibility index (Phi) is 14.7. The molecule has 1 amide bonds. The van der Waals surface area contributed by atoms with E-state index in [1.807, 2.05) is 54.6 Å². The van der Waals surface area contributed by atoms with Crippen LogP contribution in [-0.4, -0.2) is 81.8 Å². The first kappa shape index (κ1) is 36.8. The Labute approximate surface area is 292 Å². The van der Waals surface area contributed by atoms with Crippen molar-refractivity contribution >= 4 is 62.6 Å². The number of nitrogens with one attached hydrogen (secondary N) is 2. The summed E-state index contributed by atoms with van der Waals surface area (Å²) in [6.45, 7) is 2.30. The number of carbonyl (C=O) groups excluding carboxylic acids is 2. The Morgan fingerprint density at radius 3 is 2.23 bits per heavy atom. The number of ether oxygens (including phenoxy) is 2. The fourth-order valence-corrected chi connectivity index (χ4v) is 6.75. The van der Waals surface area contributed by atoms with Crippen molar-refractivity contribution in [3.8, 4) is 0 Å². The van der Waals surface area contributed by atoms with Crippen molar-refractivity contribution in [1.82, 2.24) is 9.62 Å². The monoisotopic (exact) mass is 717 g/mol. The van der Waals surface area contributed by atoms with E-state index in [-0.39, 0.29) is 37.0 Å². The number of rotatable bonds is 17. The maximum absolute atomic E-state index is 13.7. The van der Waals surface area contributed by atoms with E-state index in [9.17, 15) is 18.0 Å². The first-order chi connectivity index (χ1) is 23.3. The third kappa shape index (κ3) is 11.3. The zero-order valence-electron chi connectivity index (χ0n) is 26.7. The number of esters is 1. The van der Waals surface area contributed by atoms with Crippen LogP contribution < -0.4 is 15.5 Å². The van der Waals surface area contributed by atoms with E-state index in [0.717, 1.165) is 27.5 Å². The minimum atomic E-state index is -4.07. The fourth-order valence-electron chi connectivity index (χ4n) is 4.94. The van der Waals surface area contributed by atoms with Crippen LogP contribution >= 0.6 is 23.2 Å². The van der Waals surface area contributed by atoms with E-state index in [2.05, 4.69) is 20.5 Å². The van der Waals surface area contributed by atoms with Crippen molar-refractivity contribution in [2.24, 2.45) is 4.99 Å². The van der Waals surface area contributed by atoms with Gasteiger partial charge in [0.1, 0.15) is 13.2 Å². The summed E-state index contributed by atoms with van der Waals surface area (Å²) >= 11 is 11.8. The SMILES string of the molecule is O=C(CCCc1ccc(N(CCCl)CCCl)cc1)OCCN(C1=NCCCN1)S(=O)(=O)c1ccc(NC(=O)OCc2ccccc2)cc1. The first-order valence-corrected chi connectivity index (χ1v) is 18.3. The van der Waals surface area contributed by atoms with E-state index in [1.165, 1.54) is 24.3 Å². The maximum Gasteiger partial charge on any atom is 0.411 e. The van der Waals surface area contributed by atoms with E-state index in [0.29, 0.717) is 56.5 Å². The lowest BCUT2D eigenvalue weighted by atomic mass is 10.1. The fraction of sp³-hybridized carbons (Fsp3) is 0.382. The van der Waals surface area contributed by atoms with Gasteiger partial charge in [-0.3, -0.25) is 15.1 Å². The molecule has 1 aliphatic heterocycles. The standard InChI is InChI=1S/C34H41Cl2N5O6S/c35-18-22-40(23-19-36)30-14-10-27(11-15-30)8-4-9-32(42)46-25-24-41(33-37-20-5-21-38-33)48(44,45)31-16-12-29(13-17-31)39-34(43)47-26-28-6-2-1-3-7-28/h1-3,6-7,10-17H,4-5,8-9,18-26H2,(H,37,38)(H,39,43). The predicted molar refractivity (Wildman–Crippen MR) is 189 cm³/mol. The largest absolute Gasteiger partial charge is 0.464 e. The molecule has 0 saturated carbocycles. The van der Waals surface area contributed by atoms with Crippen LogP contribution in [0.2, 0.25) is 0 Å². The van der Waals surface area contributed by atoms with Crippen molar-refractivity contribution in [2.75, 3.05) is 61.3 Å². The second kappa shape index (κ2) is 19.1. The van der Waals surface area contributed by atoms with Gasteiger partial charge in [-0.2, -0.15) is 0 Å². The molecule has 0 aliphatic carbocycles. The molecule has 3 aromatic rings. The zero-order valence-corrected chi connectivity index (χ0v) is 29.0. The highest BCUT2D eigenvalue weighted by atomic mass is 35.5. The first-order valence-electron chi connectivity index (χ1n) is 15.8. The van der Waals surface area contributed by atoms with Crippen LogP contribution in [0.4, 0.5) is 16.2 Å². The topological polar surface area (TPSA) is 130 Å². The van der Waals surface area contributed by atoms with Gasteiger partial charge in [0.25, 0.3) is 10.0 Å². The van der Waals surface area contributed by atoms with Crippen LogP contribution in [0.5, 0.6) is 0 Å². The molecule has 14 heteroatoms. The Hall–Kier alpha value is -4.00. The number of benzene rings is 3. The molecule has 258 valence electrons. The second-order valence-electron chi connectivity index (χ2n) is 10.9. The number of amides is 1. The van der Waals surface area contributed by atoms with Crippen molar-refractivity contribution in [3.63, 3.8) is 0 Å². The third-order valence-corrected chi connectivity index (χ3v) is 9.57. The summed E-state index contributed by atoms with van der Waals surface area (Å²) in [5.74, 6) is 0.806. The van der Waals surface area contributed by atoms with E-state index >= 15 is 0 Å². The summed E-state index contributed by atoms with van der Waals surface area (Å²) in [5.41, 5.74) is 3.35. The number of nitrogens with zero attached hydrogens (tertiary/aromatic N) is 3. The van der Waals surface area contributed by atoms with Gasteiger partial charge >= 0.3 is 12.1 Å². The number of guanidine groups is 1. The molecule has 0 aromatic heterocycles. The van der Waals surface area contributed by atoms with Crippen LogP contribution in [0.25, 0.3) is 0 Å². The summed E-state index contributed by atoms with van der Waals surface area (Å²) in [4.78, 5) is 31.3. The lowest BCUT2D eigenvalue weighted by Gasteiger charge is -2.28. The predicted octanol–water partition coefficient (Wildman–Crippen LogP) is 5.63. The number of carbonyl (C=O) groups is 2. The molecule has 3 aromatic carbocycles. The van der Waals surface area contributed by atoms with Gasteiger partial charge in [0.05, 0.1) is 11.4 Å². The summed E-state index contributed by atoms with van der Waals surface area (Å²) < 4.78 is 39.2. The minimum absolute atomic E-state index is 0.00782. The number of aryl methyl sites for hydroxylation is 1. The summed E-state index contributed by atoms with van der Waals surface area (Å²) in [6.07, 6.45) is 1.58. The molecular formula is C34H41Cl2N5O6S. The van der Waals surface area contributed by atoms with Crippen LogP contribution in [0.3, 0.4) is 0 Å². The number of hydrogen-bond donors (Lipinski definition) is 2. The van der Waals surface area contributed by atoms with Crippen LogP contribution in [0, 0.1) is 0 Å². The van der Waals surface area contributed by atoms with Gasteiger partial charge in [-0.25, -0.2) is 17.5 Å². The third-order valence-electron chi connectivity index (χ3n) is 7.43. The molecule has 0 bridgehead atoms. The number of alkyl halides is 2. The maximum atomic E-state index is 13.7. The van der Waals surface area contributed by atoms with Crippen LogP contribution in [0.15, 0.2) is 88.8 Å². The van der Waals surface area contributed by atoms with E-state index in [4.69, 9.17) is 32.7 Å². The van der Waals surface area contributed by atoms with Gasteiger partial charge in [0, 0.05) is 55.7 Å². The Morgan fingerprint density at radius 2 is 1.58 bits per heavy atom. The molecule has 11 nitrogen and oxygen atoms in total. The van der Waals surface area contributed by atoms with Crippen molar-refractivity contribution < 1.29 is 27.5 Å². The molecule has 0 saturated heterocycles. The number of aliphatic imine (C=N–C) groups is 1. The summed E-state index contributed by atoms with van der Waals surface area (Å²) in [5, 5.41) is 5.64. The lowest BCUT2D eigenvalue weighted by molar-refractivity contribution is -0.143. The summed E-state index contributed by atoms with van der Waals surface area (Å²) in [6, 6.07) is 23.1. The number of halogens is 2. The molecule has 0 fully saturated rings. The van der Waals surface area contributed by atoms with E-state index in [1.54, 1.807) is 0 Å². The lowest BCUT2D eigenvalue weighted by Crippen LogP contribution is -2.48. The van der Waals surface area contributed by atoms with Crippen molar-refractivity contribution in [3.05, 3.63) is 90.0 Å². The minimum Gasteiger partial charge on any atom is -0.464 e. The van der Waals surface area contributed by atoms with Gasteiger partial charge < -0.3 is 19.7 Å². The van der Waals surface area contributed by atoms with Crippen molar-refractivity contribution in [1.29, 1.82) is 0 Å².